The van der Waals surface area contributed by atoms with Gasteiger partial charge in [-0.25, -0.2) is 0 Å². The smallest absolute Gasteiger partial charge is 0.261 e. The molecule has 4 rings (SSSR count). The summed E-state index contributed by atoms with van der Waals surface area (Å²) in [7, 11) is 0. The lowest BCUT2D eigenvalue weighted by molar-refractivity contribution is -0.121. The Labute approximate surface area is 169 Å². The molecular formula is C23H22N2O4. The molecule has 2 aromatic carbocycles. The van der Waals surface area contributed by atoms with Crippen molar-refractivity contribution in [1.29, 1.82) is 0 Å². The number of hydrogen-bond acceptors (Lipinski definition) is 5. The molecule has 0 aliphatic carbocycles. The molecule has 0 radical (unpaired) electrons. The van der Waals surface area contributed by atoms with Crippen LogP contribution in [0.4, 0.5) is 0 Å². The highest BCUT2D eigenvalue weighted by atomic mass is 16.5. The van der Waals surface area contributed by atoms with Crippen LogP contribution in [0.15, 0.2) is 66.1 Å². The van der Waals surface area contributed by atoms with Gasteiger partial charge in [0.1, 0.15) is 6.61 Å². The Balaban J connectivity index is 1.63. The molecule has 0 bridgehead atoms. The largest absolute Gasteiger partial charge is 0.483 e. The first kappa shape index (κ1) is 18.9. The number of ketones is 1. The first-order chi connectivity index (χ1) is 13.9. The predicted octanol–water partition coefficient (Wildman–Crippen LogP) is 3.05. The number of carbonyl (C=O) groups excluding carboxylic acids is 3. The van der Waals surface area contributed by atoms with Crippen LogP contribution in [-0.4, -0.2) is 34.6 Å². The maximum Gasteiger partial charge on any atom is 0.261 e. The molecule has 6 nitrogen and oxygen atoms in total. The molecule has 2 aliphatic heterocycles. The molecule has 2 heterocycles. The number of allylic oxidation sites excluding steroid dienone is 1. The van der Waals surface area contributed by atoms with Gasteiger partial charge in [0.2, 0.25) is 5.78 Å². The monoisotopic (exact) mass is 390 g/mol. The molecule has 148 valence electrons. The second-order valence-corrected chi connectivity index (χ2v) is 7.93. The van der Waals surface area contributed by atoms with E-state index in [0.717, 1.165) is 10.5 Å². The lowest BCUT2D eigenvalue weighted by Gasteiger charge is -2.35. The van der Waals surface area contributed by atoms with Crippen molar-refractivity contribution in [2.24, 2.45) is 0 Å². The van der Waals surface area contributed by atoms with Crippen molar-refractivity contribution in [2.45, 2.75) is 32.4 Å². The van der Waals surface area contributed by atoms with Gasteiger partial charge in [0.25, 0.3) is 11.8 Å². The number of amides is 2. The van der Waals surface area contributed by atoms with Crippen molar-refractivity contribution in [3.8, 4) is 0 Å². The Hall–Kier alpha value is -3.41. The van der Waals surface area contributed by atoms with Gasteiger partial charge in [-0.1, -0.05) is 42.5 Å². The minimum absolute atomic E-state index is 0.0361. The van der Waals surface area contributed by atoms with E-state index in [0.29, 0.717) is 16.8 Å². The summed E-state index contributed by atoms with van der Waals surface area (Å²) in [6.45, 7) is 4.00. The molecule has 6 heteroatoms. The Morgan fingerprint density at radius 1 is 0.931 bits per heavy atom. The molecule has 0 saturated heterocycles. The summed E-state index contributed by atoms with van der Waals surface area (Å²) in [5.41, 5.74) is 1.65. The molecule has 0 atom stereocenters. The number of rotatable bonds is 5. The van der Waals surface area contributed by atoms with Crippen LogP contribution < -0.4 is 5.32 Å². The van der Waals surface area contributed by atoms with Crippen LogP contribution in [0.3, 0.4) is 0 Å². The molecule has 0 unspecified atom stereocenters. The normalized spacial score (nSPS) is 18.0. The maximum atomic E-state index is 12.8. The summed E-state index contributed by atoms with van der Waals surface area (Å²) in [5.74, 6) is -0.683. The van der Waals surface area contributed by atoms with Crippen molar-refractivity contribution in [3.63, 3.8) is 0 Å². The number of nitrogens with one attached hydrogen (secondary N) is 1. The summed E-state index contributed by atoms with van der Waals surface area (Å²) in [6.07, 6.45) is 0.267. The molecule has 29 heavy (non-hydrogen) atoms. The molecule has 0 spiro atoms. The van der Waals surface area contributed by atoms with Gasteiger partial charge in [-0.2, -0.15) is 0 Å². The molecule has 2 aliphatic rings. The lowest BCUT2D eigenvalue weighted by Crippen LogP contribution is -2.49. The topological polar surface area (TPSA) is 75.7 Å². The van der Waals surface area contributed by atoms with E-state index in [4.69, 9.17) is 4.74 Å². The van der Waals surface area contributed by atoms with Crippen LogP contribution >= 0.6 is 0 Å². The average Bonchev–Trinajstić information content (AvgIpc) is 2.93. The van der Waals surface area contributed by atoms with Crippen LogP contribution in [0.2, 0.25) is 0 Å². The summed E-state index contributed by atoms with van der Waals surface area (Å²) in [4.78, 5) is 39.4. The molecule has 0 saturated carbocycles. The Morgan fingerprint density at radius 2 is 1.52 bits per heavy atom. The molecule has 1 N–H and O–H groups in total. The Bertz CT molecular complexity index is 989. The molecule has 0 fully saturated rings. The molecule has 0 aromatic heterocycles. The lowest BCUT2D eigenvalue weighted by atomic mass is 9.92. The fourth-order valence-electron chi connectivity index (χ4n) is 3.71. The third kappa shape index (κ3) is 3.66. The van der Waals surface area contributed by atoms with E-state index in [-0.39, 0.29) is 42.9 Å². The molecule has 2 amide bonds. The van der Waals surface area contributed by atoms with E-state index in [9.17, 15) is 14.4 Å². The van der Waals surface area contributed by atoms with Crippen molar-refractivity contribution >= 4 is 17.6 Å². The first-order valence-corrected chi connectivity index (χ1v) is 9.52. The summed E-state index contributed by atoms with van der Waals surface area (Å²) >= 11 is 0. The fourth-order valence-corrected chi connectivity index (χ4v) is 3.71. The highest BCUT2D eigenvalue weighted by Gasteiger charge is 2.39. The summed E-state index contributed by atoms with van der Waals surface area (Å²) < 4.78 is 5.86. The number of nitrogens with zero attached hydrogens (tertiary/aromatic N) is 1. The van der Waals surface area contributed by atoms with E-state index in [1.807, 2.05) is 44.2 Å². The number of Topliss-reactive ketones (excluding diaryl/α,β-unsaturated/α-hetero) is 1. The van der Waals surface area contributed by atoms with Gasteiger partial charge in [0, 0.05) is 12.0 Å². The van der Waals surface area contributed by atoms with Gasteiger partial charge in [-0.05, 0) is 31.5 Å². The second-order valence-electron chi connectivity index (χ2n) is 7.93. The van der Waals surface area contributed by atoms with Crippen LogP contribution in [0, 0.1) is 0 Å². The third-order valence-electron chi connectivity index (χ3n) is 5.04. The number of benzene rings is 2. The van der Waals surface area contributed by atoms with Crippen LogP contribution in [0.5, 0.6) is 0 Å². The SMILES string of the molecule is CC1(C)CC(=O)C(OCc2ccccc2)=C(CN2C(=O)c3ccccc3C2=O)N1. The van der Waals surface area contributed by atoms with Crippen LogP contribution in [0.25, 0.3) is 0 Å². The number of ether oxygens (including phenoxy) is 1. The zero-order chi connectivity index (χ0) is 20.6. The van der Waals surface area contributed by atoms with Crippen LogP contribution in [0.1, 0.15) is 46.5 Å². The van der Waals surface area contributed by atoms with E-state index in [2.05, 4.69) is 5.32 Å². The van der Waals surface area contributed by atoms with E-state index < -0.39 is 5.54 Å². The van der Waals surface area contributed by atoms with E-state index >= 15 is 0 Å². The standard InChI is InChI=1S/C23H22N2O4/c1-23(2)12-19(26)20(29-14-15-8-4-3-5-9-15)18(24-23)13-25-21(27)16-10-6-7-11-17(16)22(25)28/h3-11,24H,12-14H2,1-2H3. The highest BCUT2D eigenvalue weighted by molar-refractivity contribution is 6.21. The van der Waals surface area contributed by atoms with E-state index in [1.54, 1.807) is 24.3 Å². The minimum Gasteiger partial charge on any atom is -0.483 e. The Morgan fingerprint density at radius 3 is 2.14 bits per heavy atom. The van der Waals surface area contributed by atoms with Crippen molar-refractivity contribution < 1.29 is 19.1 Å². The number of imide groups is 1. The summed E-state index contributed by atoms with van der Waals surface area (Å²) in [6, 6.07) is 16.3. The minimum atomic E-state index is -0.495. The van der Waals surface area contributed by atoms with E-state index in [1.165, 1.54) is 0 Å². The number of fused-ring (bicyclic) bond motifs is 1. The zero-order valence-electron chi connectivity index (χ0n) is 16.4. The van der Waals surface area contributed by atoms with Gasteiger partial charge in [-0.3, -0.25) is 19.3 Å². The van der Waals surface area contributed by atoms with Crippen molar-refractivity contribution in [1.82, 2.24) is 10.2 Å². The average molecular weight is 390 g/mol. The second kappa shape index (κ2) is 7.20. The zero-order valence-corrected chi connectivity index (χ0v) is 16.4. The number of hydrogen-bond donors (Lipinski definition) is 1. The van der Waals surface area contributed by atoms with Gasteiger partial charge >= 0.3 is 0 Å². The predicted molar refractivity (Wildman–Crippen MR) is 107 cm³/mol. The third-order valence-corrected chi connectivity index (χ3v) is 5.04. The van der Waals surface area contributed by atoms with Crippen molar-refractivity contribution in [2.75, 3.05) is 6.54 Å². The van der Waals surface area contributed by atoms with Gasteiger partial charge in [0.05, 0.1) is 23.4 Å². The summed E-state index contributed by atoms with van der Waals surface area (Å²) in [5, 5.41) is 3.29. The number of carbonyl (C=O) groups is 3. The maximum absolute atomic E-state index is 12.8. The van der Waals surface area contributed by atoms with Crippen LogP contribution in [-0.2, 0) is 16.1 Å². The van der Waals surface area contributed by atoms with Crippen molar-refractivity contribution in [3.05, 3.63) is 82.7 Å². The van der Waals surface area contributed by atoms with Gasteiger partial charge in [0.15, 0.2) is 5.76 Å². The van der Waals surface area contributed by atoms with Gasteiger partial charge in [-0.15, -0.1) is 0 Å². The highest BCUT2D eigenvalue weighted by Crippen LogP contribution is 2.28. The molecule has 2 aromatic rings. The molecular weight excluding hydrogens is 368 g/mol. The quantitative estimate of drug-likeness (QED) is 0.794. The fraction of sp³-hybridized carbons (Fsp3) is 0.261. The Kier molecular flexibility index (Phi) is 4.70. The first-order valence-electron chi connectivity index (χ1n) is 9.52. The van der Waals surface area contributed by atoms with Gasteiger partial charge < -0.3 is 10.1 Å².